The van der Waals surface area contributed by atoms with Crippen molar-refractivity contribution in [2.75, 3.05) is 20.2 Å². The molecule has 0 spiro atoms. The molecule has 1 aromatic rings. The van der Waals surface area contributed by atoms with Crippen molar-refractivity contribution in [1.82, 2.24) is 4.90 Å². The summed E-state index contributed by atoms with van der Waals surface area (Å²) in [7, 11) is 2.12. The van der Waals surface area contributed by atoms with Crippen molar-refractivity contribution in [3.05, 3.63) is 29.3 Å². The molecule has 2 rings (SSSR count). The summed E-state index contributed by atoms with van der Waals surface area (Å²) in [5, 5.41) is 0. The number of hydrogen-bond acceptors (Lipinski definition) is 3. The van der Waals surface area contributed by atoms with E-state index in [9.17, 15) is 0 Å². The molecule has 0 aromatic heterocycles. The van der Waals surface area contributed by atoms with Crippen LogP contribution in [0.15, 0.2) is 18.2 Å². The number of hydrogen-bond donors (Lipinski definition) is 1. The van der Waals surface area contributed by atoms with E-state index < -0.39 is 0 Å². The lowest BCUT2D eigenvalue weighted by Crippen LogP contribution is -2.34. The van der Waals surface area contributed by atoms with Gasteiger partial charge in [-0.15, -0.1) is 0 Å². The minimum atomic E-state index is 0.419. The van der Waals surface area contributed by atoms with Crippen LogP contribution in [-0.2, 0) is 13.0 Å². The van der Waals surface area contributed by atoms with Crippen LogP contribution >= 0.6 is 0 Å². The summed E-state index contributed by atoms with van der Waals surface area (Å²) in [6.45, 7) is 4.66. The second kappa shape index (κ2) is 5.52. The summed E-state index contributed by atoms with van der Waals surface area (Å²) in [5.41, 5.74) is 8.37. The predicted molar refractivity (Wildman–Crippen MR) is 70.2 cm³/mol. The van der Waals surface area contributed by atoms with E-state index in [1.165, 1.54) is 11.1 Å². The zero-order valence-electron chi connectivity index (χ0n) is 10.8. The van der Waals surface area contributed by atoms with Gasteiger partial charge in [0.15, 0.2) is 0 Å². The normalized spacial score (nSPS) is 16.5. The number of aryl methyl sites for hydroxylation is 1. The third-order valence-corrected chi connectivity index (χ3v) is 3.50. The van der Waals surface area contributed by atoms with E-state index >= 15 is 0 Å². The first-order chi connectivity index (χ1) is 8.20. The minimum absolute atomic E-state index is 0.419. The molecule has 0 fully saturated rings. The Bertz CT molecular complexity index is 378. The lowest BCUT2D eigenvalue weighted by Gasteiger charge is -2.24. The maximum Gasteiger partial charge on any atom is 0.122 e. The number of ether oxygens (including phenoxy) is 1. The van der Waals surface area contributed by atoms with Gasteiger partial charge in [-0.05, 0) is 44.0 Å². The van der Waals surface area contributed by atoms with Crippen molar-refractivity contribution in [2.24, 2.45) is 5.73 Å². The highest BCUT2D eigenvalue weighted by Crippen LogP contribution is 2.26. The Morgan fingerprint density at radius 2 is 2.29 bits per heavy atom. The van der Waals surface area contributed by atoms with Crippen LogP contribution in [0.25, 0.3) is 0 Å². The molecular weight excluding hydrogens is 212 g/mol. The van der Waals surface area contributed by atoms with Gasteiger partial charge in [0.05, 0.1) is 6.61 Å². The summed E-state index contributed by atoms with van der Waals surface area (Å²) in [4.78, 5) is 2.28. The lowest BCUT2D eigenvalue weighted by molar-refractivity contribution is 0.254. The van der Waals surface area contributed by atoms with Gasteiger partial charge in [-0.2, -0.15) is 0 Å². The molecule has 0 amide bonds. The zero-order chi connectivity index (χ0) is 12.3. The first-order valence-electron chi connectivity index (χ1n) is 6.35. The summed E-state index contributed by atoms with van der Waals surface area (Å²) in [5.74, 6) is 1.06. The minimum Gasteiger partial charge on any atom is -0.493 e. The summed E-state index contributed by atoms with van der Waals surface area (Å²) in [6.07, 6.45) is 2.27. The highest BCUT2D eigenvalue weighted by atomic mass is 16.5. The molecule has 1 aliphatic rings. The second-order valence-electron chi connectivity index (χ2n) is 4.89. The van der Waals surface area contributed by atoms with Crippen LogP contribution in [-0.4, -0.2) is 31.1 Å². The maximum absolute atomic E-state index is 5.68. The van der Waals surface area contributed by atoms with Crippen molar-refractivity contribution >= 4 is 0 Å². The van der Waals surface area contributed by atoms with Crippen molar-refractivity contribution < 1.29 is 4.74 Å². The molecule has 0 bridgehead atoms. The Hall–Kier alpha value is -1.06. The Kier molecular flexibility index (Phi) is 4.02. The molecule has 1 aliphatic heterocycles. The highest BCUT2D eigenvalue weighted by molar-refractivity contribution is 5.38. The van der Waals surface area contributed by atoms with Gasteiger partial charge in [-0.1, -0.05) is 12.1 Å². The molecule has 2 N–H and O–H groups in total. The first-order valence-corrected chi connectivity index (χ1v) is 6.35. The summed E-state index contributed by atoms with van der Waals surface area (Å²) in [6, 6.07) is 6.95. The third-order valence-electron chi connectivity index (χ3n) is 3.50. The maximum atomic E-state index is 5.68. The van der Waals surface area contributed by atoms with Crippen LogP contribution in [0.3, 0.4) is 0 Å². The lowest BCUT2D eigenvalue weighted by atomic mass is 10.0. The number of benzene rings is 1. The zero-order valence-corrected chi connectivity index (χ0v) is 10.8. The number of nitrogens with two attached hydrogens (primary N) is 1. The molecule has 0 radical (unpaired) electrons. The van der Waals surface area contributed by atoms with Gasteiger partial charge in [0, 0.05) is 19.1 Å². The monoisotopic (exact) mass is 234 g/mol. The second-order valence-corrected chi connectivity index (χ2v) is 4.89. The van der Waals surface area contributed by atoms with Crippen LogP contribution in [0.1, 0.15) is 24.5 Å². The fourth-order valence-corrected chi connectivity index (χ4v) is 2.14. The van der Waals surface area contributed by atoms with Crippen molar-refractivity contribution in [1.29, 1.82) is 0 Å². The van der Waals surface area contributed by atoms with Crippen LogP contribution in [0.4, 0.5) is 0 Å². The van der Waals surface area contributed by atoms with Crippen LogP contribution < -0.4 is 10.5 Å². The highest BCUT2D eigenvalue weighted by Gasteiger charge is 2.12. The molecular formula is C14H22N2O. The number of fused-ring (bicyclic) bond motifs is 1. The molecule has 1 atom stereocenters. The van der Waals surface area contributed by atoms with Gasteiger partial charge in [0.1, 0.15) is 5.75 Å². The quantitative estimate of drug-likeness (QED) is 0.863. The van der Waals surface area contributed by atoms with E-state index in [1.807, 2.05) is 0 Å². The molecule has 3 heteroatoms. The molecule has 94 valence electrons. The van der Waals surface area contributed by atoms with Crippen LogP contribution in [0.5, 0.6) is 5.75 Å². The number of nitrogens with zero attached hydrogens (tertiary/aromatic N) is 1. The Morgan fingerprint density at radius 1 is 1.47 bits per heavy atom. The van der Waals surface area contributed by atoms with Gasteiger partial charge in [-0.25, -0.2) is 0 Å². The third kappa shape index (κ3) is 2.99. The van der Waals surface area contributed by atoms with Crippen molar-refractivity contribution in [3.8, 4) is 5.75 Å². The SMILES string of the molecule is CC(CN)N(C)Cc1ccc2c(c1)CCCO2. The fourth-order valence-electron chi connectivity index (χ4n) is 2.14. The fraction of sp³-hybridized carbons (Fsp3) is 0.571. The van der Waals surface area contributed by atoms with E-state index in [1.54, 1.807) is 0 Å². The summed E-state index contributed by atoms with van der Waals surface area (Å²) >= 11 is 0. The van der Waals surface area contributed by atoms with Gasteiger partial charge in [0.2, 0.25) is 0 Å². The smallest absolute Gasteiger partial charge is 0.122 e. The molecule has 3 nitrogen and oxygen atoms in total. The van der Waals surface area contributed by atoms with E-state index in [0.717, 1.165) is 31.7 Å². The van der Waals surface area contributed by atoms with Crippen LogP contribution in [0, 0.1) is 0 Å². The predicted octanol–water partition coefficient (Wildman–Crippen LogP) is 1.79. The molecule has 1 aromatic carbocycles. The topological polar surface area (TPSA) is 38.5 Å². The number of rotatable bonds is 4. The van der Waals surface area contributed by atoms with Gasteiger partial charge in [-0.3, -0.25) is 4.90 Å². The largest absolute Gasteiger partial charge is 0.493 e. The Morgan fingerprint density at radius 3 is 3.06 bits per heavy atom. The van der Waals surface area contributed by atoms with E-state index in [-0.39, 0.29) is 0 Å². The van der Waals surface area contributed by atoms with E-state index in [4.69, 9.17) is 10.5 Å². The van der Waals surface area contributed by atoms with Crippen molar-refractivity contribution in [2.45, 2.75) is 32.4 Å². The van der Waals surface area contributed by atoms with Crippen molar-refractivity contribution in [3.63, 3.8) is 0 Å². The Labute approximate surface area is 104 Å². The average Bonchev–Trinajstić information content (AvgIpc) is 2.37. The molecule has 17 heavy (non-hydrogen) atoms. The molecule has 0 saturated heterocycles. The summed E-state index contributed by atoms with van der Waals surface area (Å²) < 4.78 is 5.62. The molecule has 1 heterocycles. The van der Waals surface area contributed by atoms with Gasteiger partial charge >= 0.3 is 0 Å². The molecule has 1 unspecified atom stereocenters. The Balaban J connectivity index is 2.06. The van der Waals surface area contributed by atoms with E-state index in [2.05, 4.69) is 37.1 Å². The van der Waals surface area contributed by atoms with Crippen LogP contribution in [0.2, 0.25) is 0 Å². The average molecular weight is 234 g/mol. The van der Waals surface area contributed by atoms with Gasteiger partial charge < -0.3 is 10.5 Å². The van der Waals surface area contributed by atoms with E-state index in [0.29, 0.717) is 12.6 Å². The number of likely N-dealkylation sites (N-methyl/N-ethyl adjacent to an activating group) is 1. The first kappa shape index (κ1) is 12.4. The standard InChI is InChI=1S/C14H22N2O/c1-11(9-15)16(2)10-12-5-6-14-13(8-12)4-3-7-17-14/h5-6,8,11H,3-4,7,9-10,15H2,1-2H3. The molecule has 0 saturated carbocycles. The molecule has 0 aliphatic carbocycles. The van der Waals surface area contributed by atoms with Gasteiger partial charge in [0.25, 0.3) is 0 Å².